The Bertz CT molecular complexity index is 736. The van der Waals surface area contributed by atoms with E-state index in [1.165, 1.54) is 12.5 Å². The fourth-order valence-corrected chi connectivity index (χ4v) is 3.39. The van der Waals surface area contributed by atoms with Crippen molar-refractivity contribution in [2.24, 2.45) is 0 Å². The Morgan fingerprint density at radius 3 is 2.78 bits per heavy atom. The van der Waals surface area contributed by atoms with Crippen LogP contribution in [0.25, 0.3) is 0 Å². The Morgan fingerprint density at radius 1 is 1.41 bits per heavy atom. The molecular formula is C16H21N5O6. The van der Waals surface area contributed by atoms with E-state index in [2.05, 4.69) is 20.6 Å². The molecule has 4 atom stereocenters. The van der Waals surface area contributed by atoms with Gasteiger partial charge in [0.1, 0.15) is 18.1 Å². The number of aromatic nitrogens is 2. The summed E-state index contributed by atoms with van der Waals surface area (Å²) in [5.41, 5.74) is 0.579. The maximum absolute atomic E-state index is 13.0. The number of nitrogens with zero attached hydrogens (tertiary/aromatic N) is 2. The number of likely N-dealkylation sites (tertiary alicyclic amines) is 1. The lowest BCUT2D eigenvalue weighted by Gasteiger charge is -2.27. The highest BCUT2D eigenvalue weighted by molar-refractivity contribution is 5.95. The Kier molecular flexibility index (Phi) is 5.40. The molecule has 5 N–H and O–H groups in total. The fraction of sp³-hybridized carbons (Fsp3) is 0.562. The molecule has 0 radical (unpaired) electrons. The van der Waals surface area contributed by atoms with Crippen molar-refractivity contribution in [3.8, 4) is 0 Å². The first-order chi connectivity index (χ1) is 12.8. The van der Waals surface area contributed by atoms with Gasteiger partial charge in [-0.2, -0.15) is 0 Å². The number of carboxylic acid groups (broad SMARTS) is 1. The van der Waals surface area contributed by atoms with Crippen LogP contribution in [0.2, 0.25) is 0 Å². The zero-order valence-electron chi connectivity index (χ0n) is 14.4. The van der Waals surface area contributed by atoms with E-state index in [-0.39, 0.29) is 31.7 Å². The monoisotopic (exact) mass is 379 g/mol. The second kappa shape index (κ2) is 7.74. The van der Waals surface area contributed by atoms with E-state index in [4.69, 9.17) is 0 Å². The van der Waals surface area contributed by atoms with Gasteiger partial charge in [0.2, 0.25) is 17.7 Å². The number of rotatable bonds is 6. The first kappa shape index (κ1) is 18.8. The average molecular weight is 379 g/mol. The van der Waals surface area contributed by atoms with Gasteiger partial charge in [-0.15, -0.1) is 0 Å². The Hall–Kier alpha value is -2.95. The maximum Gasteiger partial charge on any atom is 0.326 e. The summed E-state index contributed by atoms with van der Waals surface area (Å²) < 4.78 is 0. The number of carbonyl (C=O) groups is 4. The van der Waals surface area contributed by atoms with E-state index in [0.717, 1.165) is 4.90 Å². The average Bonchev–Trinajstić information content (AvgIpc) is 3.34. The Morgan fingerprint density at radius 2 is 2.19 bits per heavy atom. The van der Waals surface area contributed by atoms with E-state index < -0.39 is 42.0 Å². The molecule has 3 amide bonds. The van der Waals surface area contributed by atoms with E-state index >= 15 is 0 Å². The van der Waals surface area contributed by atoms with Crippen molar-refractivity contribution >= 4 is 23.7 Å². The van der Waals surface area contributed by atoms with Crippen molar-refractivity contribution in [3.05, 3.63) is 18.2 Å². The van der Waals surface area contributed by atoms with Gasteiger partial charge in [0.15, 0.2) is 0 Å². The highest BCUT2D eigenvalue weighted by Gasteiger charge is 2.42. The molecule has 2 aliphatic heterocycles. The van der Waals surface area contributed by atoms with Crippen LogP contribution in [0.1, 0.15) is 25.0 Å². The van der Waals surface area contributed by atoms with E-state index in [9.17, 15) is 29.4 Å². The molecule has 0 saturated carbocycles. The number of carboxylic acids is 1. The number of carbonyl (C=O) groups excluding carboxylic acids is 3. The summed E-state index contributed by atoms with van der Waals surface area (Å²) >= 11 is 0. The smallest absolute Gasteiger partial charge is 0.326 e. The Labute approximate surface area is 154 Å². The normalized spacial score (nSPS) is 25.9. The molecule has 11 heteroatoms. The number of aliphatic carboxylic acids is 1. The molecule has 2 fully saturated rings. The number of nitrogens with one attached hydrogen (secondary N) is 3. The van der Waals surface area contributed by atoms with E-state index in [1.807, 2.05) is 0 Å². The SMILES string of the molecule is O=C1CC[C@@H](C(=O)N[C@@H](Cc2cnc[nH]2)C(=O)N2C[C@H](O)C[C@H]2C(=O)O)N1. The zero-order valence-corrected chi connectivity index (χ0v) is 14.4. The van der Waals surface area contributed by atoms with Gasteiger partial charge in [-0.1, -0.05) is 0 Å². The standard InChI is InChI=1S/C16H21N5O6/c22-9-4-12(16(26)27)21(6-9)15(25)11(3-8-5-17-7-18-8)20-14(24)10-1-2-13(23)19-10/h5,7,9-12,22H,1-4,6H2,(H,17,18)(H,19,23)(H,20,24)(H,26,27)/t9-,10+,11+,12+/m1/s1. The molecule has 0 aromatic carbocycles. The molecule has 2 aliphatic rings. The minimum atomic E-state index is -1.21. The fourth-order valence-electron chi connectivity index (χ4n) is 3.39. The number of H-pyrrole nitrogens is 1. The molecule has 0 aliphatic carbocycles. The van der Waals surface area contributed by atoms with Crippen LogP contribution in [0.15, 0.2) is 12.5 Å². The van der Waals surface area contributed by atoms with Gasteiger partial charge in [0.05, 0.1) is 12.4 Å². The molecule has 0 spiro atoms. The Balaban J connectivity index is 1.76. The van der Waals surface area contributed by atoms with Crippen molar-refractivity contribution in [3.63, 3.8) is 0 Å². The molecule has 0 bridgehead atoms. The number of β-amino-alcohol motifs (C(OH)–C–C–N with tert-alkyl or cyclic N) is 1. The van der Waals surface area contributed by atoms with Gasteiger partial charge in [-0.25, -0.2) is 9.78 Å². The van der Waals surface area contributed by atoms with Crippen LogP contribution >= 0.6 is 0 Å². The third kappa shape index (κ3) is 4.25. The molecule has 146 valence electrons. The molecule has 0 unspecified atom stereocenters. The summed E-state index contributed by atoms with van der Waals surface area (Å²) in [6.07, 6.45) is 2.56. The van der Waals surface area contributed by atoms with Crippen LogP contribution in [-0.4, -0.2) is 79.5 Å². The second-order valence-electron chi connectivity index (χ2n) is 6.74. The van der Waals surface area contributed by atoms with Gasteiger partial charge in [-0.3, -0.25) is 14.4 Å². The molecule has 3 heterocycles. The topological polar surface area (TPSA) is 165 Å². The summed E-state index contributed by atoms with van der Waals surface area (Å²) in [5.74, 6) is -2.56. The van der Waals surface area contributed by atoms with Gasteiger partial charge >= 0.3 is 5.97 Å². The quantitative estimate of drug-likeness (QED) is 0.373. The highest BCUT2D eigenvalue weighted by atomic mass is 16.4. The third-order valence-electron chi connectivity index (χ3n) is 4.75. The van der Waals surface area contributed by atoms with Crippen molar-refractivity contribution in [1.82, 2.24) is 25.5 Å². The van der Waals surface area contributed by atoms with Crippen LogP contribution in [-0.2, 0) is 25.6 Å². The molecule has 1 aromatic rings. The highest BCUT2D eigenvalue weighted by Crippen LogP contribution is 2.20. The summed E-state index contributed by atoms with van der Waals surface area (Å²) in [6.45, 7) is -0.120. The predicted octanol–water partition coefficient (Wildman–Crippen LogP) is -2.24. The number of aromatic amines is 1. The largest absolute Gasteiger partial charge is 0.480 e. The maximum atomic E-state index is 13.0. The van der Waals surface area contributed by atoms with Crippen LogP contribution < -0.4 is 10.6 Å². The lowest BCUT2D eigenvalue weighted by molar-refractivity contribution is -0.149. The van der Waals surface area contributed by atoms with Crippen molar-refractivity contribution < 1.29 is 29.4 Å². The zero-order chi connectivity index (χ0) is 19.6. The molecular weight excluding hydrogens is 358 g/mol. The number of aliphatic hydroxyl groups is 1. The molecule has 11 nitrogen and oxygen atoms in total. The molecule has 2 saturated heterocycles. The van der Waals surface area contributed by atoms with Crippen molar-refractivity contribution in [2.75, 3.05) is 6.54 Å². The third-order valence-corrected chi connectivity index (χ3v) is 4.75. The van der Waals surface area contributed by atoms with Crippen molar-refractivity contribution in [2.45, 2.75) is 49.9 Å². The number of aliphatic hydroxyl groups excluding tert-OH is 1. The lowest BCUT2D eigenvalue weighted by atomic mass is 10.1. The van der Waals surface area contributed by atoms with Crippen LogP contribution in [0.5, 0.6) is 0 Å². The van der Waals surface area contributed by atoms with Gasteiger partial charge < -0.3 is 30.7 Å². The number of hydrogen-bond donors (Lipinski definition) is 5. The van der Waals surface area contributed by atoms with Crippen LogP contribution in [0.3, 0.4) is 0 Å². The van der Waals surface area contributed by atoms with Gasteiger partial charge in [0, 0.05) is 37.7 Å². The molecule has 27 heavy (non-hydrogen) atoms. The first-order valence-electron chi connectivity index (χ1n) is 8.63. The minimum Gasteiger partial charge on any atom is -0.480 e. The second-order valence-corrected chi connectivity index (χ2v) is 6.74. The van der Waals surface area contributed by atoms with Gasteiger partial charge in [-0.05, 0) is 6.42 Å². The summed E-state index contributed by atoms with van der Waals surface area (Å²) in [5, 5.41) is 24.2. The van der Waals surface area contributed by atoms with Crippen LogP contribution in [0, 0.1) is 0 Å². The number of hydrogen-bond acceptors (Lipinski definition) is 6. The molecule has 3 rings (SSSR count). The first-order valence-corrected chi connectivity index (χ1v) is 8.63. The molecule has 1 aromatic heterocycles. The van der Waals surface area contributed by atoms with Crippen molar-refractivity contribution in [1.29, 1.82) is 0 Å². The van der Waals surface area contributed by atoms with Crippen LogP contribution in [0.4, 0.5) is 0 Å². The summed E-state index contributed by atoms with van der Waals surface area (Å²) in [6, 6.07) is -2.93. The van der Waals surface area contributed by atoms with E-state index in [0.29, 0.717) is 12.1 Å². The lowest BCUT2D eigenvalue weighted by Crippen LogP contribution is -2.55. The number of imidazole rings is 1. The number of amides is 3. The summed E-state index contributed by atoms with van der Waals surface area (Å²) in [4.78, 5) is 55.9. The predicted molar refractivity (Wildman–Crippen MR) is 89.1 cm³/mol. The minimum absolute atomic E-state index is 0.0650. The summed E-state index contributed by atoms with van der Waals surface area (Å²) in [7, 11) is 0. The van der Waals surface area contributed by atoms with E-state index in [1.54, 1.807) is 0 Å². The van der Waals surface area contributed by atoms with Gasteiger partial charge in [0.25, 0.3) is 0 Å².